The lowest BCUT2D eigenvalue weighted by Crippen LogP contribution is -2.22. The van der Waals surface area contributed by atoms with Gasteiger partial charge in [0.25, 0.3) is 0 Å². The molecule has 2 rings (SSSR count). The van der Waals surface area contributed by atoms with Gasteiger partial charge in [-0.25, -0.2) is 4.79 Å². The van der Waals surface area contributed by atoms with Crippen molar-refractivity contribution in [1.82, 2.24) is 5.32 Å². The van der Waals surface area contributed by atoms with Crippen molar-refractivity contribution in [2.45, 2.75) is 12.8 Å². The molecule has 21 heavy (non-hydrogen) atoms. The molecule has 0 spiro atoms. The highest BCUT2D eigenvalue weighted by molar-refractivity contribution is 5.86. The Balaban J connectivity index is 1.88. The van der Waals surface area contributed by atoms with Gasteiger partial charge in [-0.1, -0.05) is 18.7 Å². The number of amides is 1. The van der Waals surface area contributed by atoms with Crippen LogP contribution in [0.3, 0.4) is 0 Å². The molecule has 1 heterocycles. The minimum Gasteiger partial charge on any atom is -0.493 e. The molecular formula is C16H17NO4. The zero-order valence-electron chi connectivity index (χ0n) is 11.6. The van der Waals surface area contributed by atoms with Crippen LogP contribution in [0.25, 0.3) is 11.0 Å². The molecule has 0 radical (unpaired) electrons. The first-order valence-corrected chi connectivity index (χ1v) is 6.76. The molecule has 1 aromatic heterocycles. The molecule has 1 N–H and O–H groups in total. The van der Waals surface area contributed by atoms with Gasteiger partial charge in [0.05, 0.1) is 18.1 Å². The Morgan fingerprint density at radius 3 is 2.95 bits per heavy atom. The van der Waals surface area contributed by atoms with E-state index in [-0.39, 0.29) is 5.91 Å². The van der Waals surface area contributed by atoms with Crippen molar-refractivity contribution in [3.63, 3.8) is 0 Å². The van der Waals surface area contributed by atoms with E-state index in [2.05, 4.69) is 11.9 Å². The van der Waals surface area contributed by atoms with Crippen LogP contribution in [0.15, 0.2) is 52.2 Å². The van der Waals surface area contributed by atoms with E-state index in [1.54, 1.807) is 12.1 Å². The van der Waals surface area contributed by atoms with Gasteiger partial charge in [0.1, 0.15) is 11.3 Å². The third kappa shape index (κ3) is 4.21. The second kappa shape index (κ2) is 7.28. The van der Waals surface area contributed by atoms with Crippen molar-refractivity contribution in [2.75, 3.05) is 13.2 Å². The molecule has 110 valence electrons. The summed E-state index contributed by atoms with van der Waals surface area (Å²) in [5, 5.41) is 3.47. The molecule has 1 aromatic carbocycles. The summed E-state index contributed by atoms with van der Waals surface area (Å²) in [5.41, 5.74) is 0.0835. The molecular weight excluding hydrogens is 270 g/mol. The van der Waals surface area contributed by atoms with E-state index in [1.807, 2.05) is 12.1 Å². The normalized spacial score (nSPS) is 10.3. The van der Waals surface area contributed by atoms with E-state index >= 15 is 0 Å². The topological polar surface area (TPSA) is 68.5 Å². The van der Waals surface area contributed by atoms with Crippen LogP contribution in [-0.2, 0) is 4.79 Å². The minimum atomic E-state index is -0.429. The minimum absolute atomic E-state index is 0.178. The third-order valence-corrected chi connectivity index (χ3v) is 2.93. The molecule has 0 aliphatic carbocycles. The number of hydrogen-bond acceptors (Lipinski definition) is 4. The Kier molecular flexibility index (Phi) is 5.15. The van der Waals surface area contributed by atoms with Crippen LogP contribution in [-0.4, -0.2) is 19.1 Å². The molecule has 0 saturated heterocycles. The molecule has 5 heteroatoms. The average Bonchev–Trinajstić information content (AvgIpc) is 2.50. The fraction of sp³-hybridized carbons (Fsp3) is 0.250. The van der Waals surface area contributed by atoms with Crippen molar-refractivity contribution in [3.05, 3.63) is 53.4 Å². The Morgan fingerprint density at radius 1 is 1.33 bits per heavy atom. The van der Waals surface area contributed by atoms with Gasteiger partial charge < -0.3 is 14.5 Å². The maximum absolute atomic E-state index is 11.4. The van der Waals surface area contributed by atoms with E-state index in [0.717, 1.165) is 18.2 Å². The number of carbonyl (C=O) groups excluding carboxylic acids is 1. The Bertz CT molecular complexity index is 690. The molecule has 5 nitrogen and oxygen atoms in total. The van der Waals surface area contributed by atoms with Gasteiger partial charge >= 0.3 is 5.63 Å². The van der Waals surface area contributed by atoms with Crippen LogP contribution >= 0.6 is 0 Å². The molecule has 1 amide bonds. The van der Waals surface area contributed by atoms with Crippen molar-refractivity contribution < 1.29 is 13.9 Å². The van der Waals surface area contributed by atoms with Crippen LogP contribution < -0.4 is 15.7 Å². The summed E-state index contributed by atoms with van der Waals surface area (Å²) in [4.78, 5) is 22.4. The summed E-state index contributed by atoms with van der Waals surface area (Å²) >= 11 is 0. The highest BCUT2D eigenvalue weighted by Gasteiger charge is 2.05. The monoisotopic (exact) mass is 287 g/mol. The third-order valence-electron chi connectivity index (χ3n) is 2.93. The molecule has 0 aliphatic rings. The maximum Gasteiger partial charge on any atom is 0.339 e. The first-order chi connectivity index (χ1) is 10.2. The fourth-order valence-electron chi connectivity index (χ4n) is 1.89. The predicted molar refractivity (Wildman–Crippen MR) is 80.4 cm³/mol. The zero-order valence-corrected chi connectivity index (χ0v) is 11.6. The maximum atomic E-state index is 11.4. The average molecular weight is 287 g/mol. The standard InChI is InChI=1S/C16H17NO4/c1-2-15(18)17-9-5-6-10-20-14-11-16(19)21-13-8-4-3-7-12(13)14/h2-4,7-8,11H,1,5-6,9-10H2,(H,17,18). The first kappa shape index (κ1) is 14.8. The first-order valence-electron chi connectivity index (χ1n) is 6.76. The predicted octanol–water partition coefficient (Wildman–Crippen LogP) is 2.25. The number of carbonyl (C=O) groups is 1. The molecule has 0 saturated carbocycles. The number of para-hydroxylation sites is 1. The Hall–Kier alpha value is -2.56. The molecule has 0 bridgehead atoms. The van der Waals surface area contributed by atoms with Crippen LogP contribution in [0.5, 0.6) is 5.75 Å². The number of fused-ring (bicyclic) bond motifs is 1. The van der Waals surface area contributed by atoms with Crippen LogP contribution in [0.4, 0.5) is 0 Å². The van der Waals surface area contributed by atoms with Crippen molar-refractivity contribution in [2.24, 2.45) is 0 Å². The lowest BCUT2D eigenvalue weighted by atomic mass is 10.2. The Labute approximate surface area is 122 Å². The van der Waals surface area contributed by atoms with Gasteiger partial charge in [0.15, 0.2) is 0 Å². The lowest BCUT2D eigenvalue weighted by Gasteiger charge is -2.08. The molecule has 0 fully saturated rings. The van der Waals surface area contributed by atoms with Gasteiger partial charge in [-0.15, -0.1) is 0 Å². The number of hydrogen-bond donors (Lipinski definition) is 1. The van der Waals surface area contributed by atoms with E-state index in [9.17, 15) is 9.59 Å². The van der Waals surface area contributed by atoms with Gasteiger partial charge in [-0.05, 0) is 31.1 Å². The lowest BCUT2D eigenvalue weighted by molar-refractivity contribution is -0.116. The van der Waals surface area contributed by atoms with Gasteiger partial charge in [-0.2, -0.15) is 0 Å². The second-order valence-electron chi connectivity index (χ2n) is 4.48. The number of nitrogens with one attached hydrogen (secondary N) is 1. The van der Waals surface area contributed by atoms with Crippen LogP contribution in [0.2, 0.25) is 0 Å². The largest absolute Gasteiger partial charge is 0.493 e. The second-order valence-corrected chi connectivity index (χ2v) is 4.48. The van der Waals surface area contributed by atoms with Crippen LogP contribution in [0.1, 0.15) is 12.8 Å². The SMILES string of the molecule is C=CC(=O)NCCCCOc1cc(=O)oc2ccccc12. The van der Waals surface area contributed by atoms with Crippen molar-refractivity contribution >= 4 is 16.9 Å². The van der Waals surface area contributed by atoms with Crippen molar-refractivity contribution in [1.29, 1.82) is 0 Å². The van der Waals surface area contributed by atoms with E-state index in [0.29, 0.717) is 24.5 Å². The molecule has 0 atom stereocenters. The summed E-state index contributed by atoms with van der Waals surface area (Å²) in [5.74, 6) is 0.347. The number of rotatable bonds is 7. The number of ether oxygens (including phenoxy) is 1. The zero-order chi connectivity index (χ0) is 15.1. The van der Waals surface area contributed by atoms with E-state index in [1.165, 1.54) is 12.1 Å². The number of benzene rings is 1. The van der Waals surface area contributed by atoms with E-state index < -0.39 is 5.63 Å². The molecule has 2 aromatic rings. The smallest absolute Gasteiger partial charge is 0.339 e. The summed E-state index contributed by atoms with van der Waals surface area (Å²) < 4.78 is 10.7. The van der Waals surface area contributed by atoms with Gasteiger partial charge in [-0.3, -0.25) is 4.79 Å². The van der Waals surface area contributed by atoms with E-state index in [4.69, 9.17) is 9.15 Å². The highest BCUT2D eigenvalue weighted by Crippen LogP contribution is 2.23. The van der Waals surface area contributed by atoms with Crippen molar-refractivity contribution in [3.8, 4) is 5.75 Å². The quantitative estimate of drug-likeness (QED) is 0.482. The highest BCUT2D eigenvalue weighted by atomic mass is 16.5. The fourth-order valence-corrected chi connectivity index (χ4v) is 1.89. The molecule has 0 unspecified atom stereocenters. The molecule has 0 aliphatic heterocycles. The summed E-state index contributed by atoms with van der Waals surface area (Å²) in [6.45, 7) is 4.42. The van der Waals surface area contributed by atoms with Crippen LogP contribution in [0, 0.1) is 0 Å². The summed E-state index contributed by atoms with van der Waals surface area (Å²) in [6.07, 6.45) is 2.80. The Morgan fingerprint density at radius 2 is 2.14 bits per heavy atom. The number of unbranched alkanes of at least 4 members (excludes halogenated alkanes) is 1. The van der Waals surface area contributed by atoms with Gasteiger partial charge in [0, 0.05) is 6.54 Å². The van der Waals surface area contributed by atoms with Gasteiger partial charge in [0.2, 0.25) is 5.91 Å². The summed E-state index contributed by atoms with van der Waals surface area (Å²) in [7, 11) is 0. The summed E-state index contributed by atoms with van der Waals surface area (Å²) in [6, 6.07) is 8.59.